The molecule has 2 heterocycles. The van der Waals surface area contributed by atoms with Gasteiger partial charge in [-0.25, -0.2) is 9.97 Å². The minimum atomic E-state index is -0.244. The number of carbonyl (C=O) groups is 2. The molecule has 1 aromatic heterocycles. The highest BCUT2D eigenvalue weighted by atomic mass is 35.5. The zero-order chi connectivity index (χ0) is 20.8. The highest BCUT2D eigenvalue weighted by molar-refractivity contribution is 6.35. The van der Waals surface area contributed by atoms with Crippen LogP contribution in [-0.4, -0.2) is 47.5 Å². The number of amides is 2. The van der Waals surface area contributed by atoms with Gasteiger partial charge in [-0.15, -0.1) is 0 Å². The average Bonchev–Trinajstić information content (AvgIpc) is 2.66. The number of hydrogen-bond acceptors (Lipinski definition) is 6. The van der Waals surface area contributed by atoms with Gasteiger partial charge in [0, 0.05) is 35.3 Å². The van der Waals surface area contributed by atoms with E-state index in [1.165, 1.54) is 13.3 Å². The van der Waals surface area contributed by atoms with Gasteiger partial charge < -0.3 is 16.0 Å². The molecule has 154 valence electrons. The lowest BCUT2D eigenvalue weighted by molar-refractivity contribution is -0.117. The zero-order valence-electron chi connectivity index (χ0n) is 15.9. The number of benzene rings is 1. The standard InChI is InChI=1S/C19H22Cl2N6O2/c1-12(28)26-17-8-18(25-11-24-17)27(16-3-2-4-22-9-16)19(29)10-23-15-6-13(20)5-14(21)7-15/h5-8,11,16,22-23H,2-4,9-10H2,1H3,(H,24,25,26,28). The third kappa shape index (κ3) is 6.03. The first-order valence-electron chi connectivity index (χ1n) is 9.25. The van der Waals surface area contributed by atoms with Crippen LogP contribution in [0.5, 0.6) is 0 Å². The number of anilines is 3. The molecule has 2 amide bonds. The Kier molecular flexibility index (Phi) is 7.24. The molecule has 1 fully saturated rings. The smallest absolute Gasteiger partial charge is 0.247 e. The summed E-state index contributed by atoms with van der Waals surface area (Å²) >= 11 is 12.1. The summed E-state index contributed by atoms with van der Waals surface area (Å²) in [6.07, 6.45) is 3.14. The van der Waals surface area contributed by atoms with E-state index in [9.17, 15) is 9.59 Å². The summed E-state index contributed by atoms with van der Waals surface area (Å²) in [5.41, 5.74) is 0.652. The molecule has 1 aliphatic heterocycles. The highest BCUT2D eigenvalue weighted by Crippen LogP contribution is 2.24. The van der Waals surface area contributed by atoms with Crippen LogP contribution in [0.1, 0.15) is 19.8 Å². The van der Waals surface area contributed by atoms with E-state index in [-0.39, 0.29) is 24.4 Å². The van der Waals surface area contributed by atoms with Gasteiger partial charge >= 0.3 is 0 Å². The van der Waals surface area contributed by atoms with Gasteiger partial charge in [0.1, 0.15) is 18.0 Å². The van der Waals surface area contributed by atoms with Crippen molar-refractivity contribution in [1.29, 1.82) is 0 Å². The molecule has 2 aromatic rings. The van der Waals surface area contributed by atoms with Gasteiger partial charge in [-0.2, -0.15) is 0 Å². The fourth-order valence-corrected chi connectivity index (χ4v) is 3.74. The van der Waals surface area contributed by atoms with E-state index in [1.54, 1.807) is 29.2 Å². The lowest BCUT2D eigenvalue weighted by Crippen LogP contribution is -2.51. The number of rotatable bonds is 6. The molecule has 0 bridgehead atoms. The first kappa shape index (κ1) is 21.3. The molecular weight excluding hydrogens is 415 g/mol. The molecule has 0 spiro atoms. The van der Waals surface area contributed by atoms with Gasteiger partial charge in [0.05, 0.1) is 12.6 Å². The lowest BCUT2D eigenvalue weighted by atomic mass is 10.1. The van der Waals surface area contributed by atoms with E-state index in [4.69, 9.17) is 23.2 Å². The number of aromatic nitrogens is 2. The Labute approximate surface area is 179 Å². The Bertz CT molecular complexity index is 869. The summed E-state index contributed by atoms with van der Waals surface area (Å²) in [7, 11) is 0. The molecule has 3 rings (SSSR count). The van der Waals surface area contributed by atoms with Gasteiger partial charge in [0.2, 0.25) is 11.8 Å². The minimum absolute atomic E-state index is 0.0344. The predicted octanol–water partition coefficient (Wildman–Crippen LogP) is 2.94. The number of nitrogens with zero attached hydrogens (tertiary/aromatic N) is 3. The second-order valence-corrected chi connectivity index (χ2v) is 7.59. The SMILES string of the molecule is CC(=O)Nc1cc(N(C(=O)CNc2cc(Cl)cc(Cl)c2)C2CCCNC2)ncn1. The summed E-state index contributed by atoms with van der Waals surface area (Å²) in [6, 6.07) is 6.57. The van der Waals surface area contributed by atoms with E-state index in [1.807, 2.05) is 0 Å². The van der Waals surface area contributed by atoms with E-state index >= 15 is 0 Å². The average molecular weight is 437 g/mol. The van der Waals surface area contributed by atoms with Gasteiger partial charge in [-0.3, -0.25) is 14.5 Å². The quantitative estimate of drug-likeness (QED) is 0.643. The fourth-order valence-electron chi connectivity index (χ4n) is 3.22. The lowest BCUT2D eigenvalue weighted by Gasteiger charge is -2.34. The number of piperidine rings is 1. The van der Waals surface area contributed by atoms with Crippen molar-refractivity contribution in [3.8, 4) is 0 Å². The Morgan fingerprint density at radius 3 is 2.62 bits per heavy atom. The van der Waals surface area contributed by atoms with Crippen LogP contribution in [0, 0.1) is 0 Å². The third-order valence-electron chi connectivity index (χ3n) is 4.41. The van der Waals surface area contributed by atoms with E-state index in [2.05, 4.69) is 25.9 Å². The van der Waals surface area contributed by atoms with Crippen molar-refractivity contribution in [2.75, 3.05) is 35.2 Å². The second-order valence-electron chi connectivity index (χ2n) is 6.72. The zero-order valence-corrected chi connectivity index (χ0v) is 17.4. The maximum Gasteiger partial charge on any atom is 0.247 e. The summed E-state index contributed by atoms with van der Waals surface area (Å²) in [6.45, 7) is 3.01. The van der Waals surface area contributed by atoms with Crippen LogP contribution in [0.25, 0.3) is 0 Å². The molecule has 1 saturated heterocycles. The topological polar surface area (TPSA) is 99.2 Å². The summed E-state index contributed by atoms with van der Waals surface area (Å²) in [5.74, 6) is 0.376. The molecule has 0 radical (unpaired) electrons. The maximum atomic E-state index is 13.1. The fraction of sp³-hybridized carbons (Fsp3) is 0.368. The van der Waals surface area contributed by atoms with Crippen molar-refractivity contribution in [2.24, 2.45) is 0 Å². The van der Waals surface area contributed by atoms with Crippen LogP contribution in [-0.2, 0) is 9.59 Å². The molecule has 0 saturated carbocycles. The summed E-state index contributed by atoms with van der Waals surface area (Å²) in [4.78, 5) is 34.5. The number of carbonyl (C=O) groups excluding carboxylic acids is 2. The Morgan fingerprint density at radius 1 is 1.21 bits per heavy atom. The number of halogens is 2. The molecule has 1 aliphatic rings. The molecule has 1 unspecified atom stereocenters. The summed E-state index contributed by atoms with van der Waals surface area (Å²) < 4.78 is 0. The molecule has 10 heteroatoms. The van der Waals surface area contributed by atoms with Crippen molar-refractivity contribution >= 4 is 52.3 Å². The Morgan fingerprint density at radius 2 is 1.97 bits per heavy atom. The van der Waals surface area contributed by atoms with Crippen LogP contribution in [0.4, 0.5) is 17.3 Å². The van der Waals surface area contributed by atoms with Crippen molar-refractivity contribution in [3.05, 3.63) is 40.6 Å². The Balaban J connectivity index is 1.81. The van der Waals surface area contributed by atoms with Crippen LogP contribution >= 0.6 is 23.2 Å². The molecule has 1 atom stereocenters. The molecular formula is C19H22Cl2N6O2. The minimum Gasteiger partial charge on any atom is -0.376 e. The van der Waals surface area contributed by atoms with E-state index in [0.717, 1.165) is 19.4 Å². The molecule has 1 aromatic carbocycles. The maximum absolute atomic E-state index is 13.1. The van der Waals surface area contributed by atoms with Crippen LogP contribution < -0.4 is 20.9 Å². The first-order valence-corrected chi connectivity index (χ1v) is 10.0. The number of hydrogen-bond donors (Lipinski definition) is 3. The van der Waals surface area contributed by atoms with Crippen molar-refractivity contribution in [1.82, 2.24) is 15.3 Å². The second kappa shape index (κ2) is 9.87. The number of nitrogens with one attached hydrogen (secondary N) is 3. The highest BCUT2D eigenvalue weighted by Gasteiger charge is 2.28. The third-order valence-corrected chi connectivity index (χ3v) is 4.85. The van der Waals surface area contributed by atoms with Gasteiger partial charge in [0.25, 0.3) is 0 Å². The first-order chi connectivity index (χ1) is 13.9. The monoisotopic (exact) mass is 436 g/mol. The molecule has 29 heavy (non-hydrogen) atoms. The van der Waals surface area contributed by atoms with Gasteiger partial charge in [0.15, 0.2) is 0 Å². The van der Waals surface area contributed by atoms with Gasteiger partial charge in [-0.05, 0) is 37.6 Å². The van der Waals surface area contributed by atoms with Crippen molar-refractivity contribution < 1.29 is 9.59 Å². The van der Waals surface area contributed by atoms with Crippen LogP contribution in [0.2, 0.25) is 10.0 Å². The van der Waals surface area contributed by atoms with Crippen molar-refractivity contribution in [3.63, 3.8) is 0 Å². The molecule has 8 nitrogen and oxygen atoms in total. The van der Waals surface area contributed by atoms with E-state index in [0.29, 0.717) is 33.9 Å². The normalized spacial score (nSPS) is 16.2. The van der Waals surface area contributed by atoms with Gasteiger partial charge in [-0.1, -0.05) is 23.2 Å². The van der Waals surface area contributed by atoms with Crippen LogP contribution in [0.3, 0.4) is 0 Å². The van der Waals surface area contributed by atoms with E-state index < -0.39 is 0 Å². The largest absolute Gasteiger partial charge is 0.376 e. The Hall–Kier alpha value is -2.42. The molecule has 3 N–H and O–H groups in total. The van der Waals surface area contributed by atoms with Crippen molar-refractivity contribution in [2.45, 2.75) is 25.8 Å². The predicted molar refractivity (Wildman–Crippen MR) is 115 cm³/mol. The van der Waals surface area contributed by atoms with Crippen LogP contribution in [0.15, 0.2) is 30.6 Å². The summed E-state index contributed by atoms with van der Waals surface area (Å²) in [5, 5.41) is 9.97. The molecule has 0 aliphatic carbocycles.